The summed E-state index contributed by atoms with van der Waals surface area (Å²) in [5.74, 6) is 0.183. The molecule has 6 nitrogen and oxygen atoms in total. The lowest BCUT2D eigenvalue weighted by atomic mass is 9.90. The fourth-order valence-electron chi connectivity index (χ4n) is 4.51. The van der Waals surface area contributed by atoms with Crippen molar-refractivity contribution in [1.82, 2.24) is 9.88 Å². The lowest BCUT2D eigenvalue weighted by molar-refractivity contribution is -0.134. The molecule has 0 aliphatic carbocycles. The molecule has 1 aliphatic heterocycles. The number of aromatic nitrogens is 1. The highest BCUT2D eigenvalue weighted by molar-refractivity contribution is 5.81. The summed E-state index contributed by atoms with van der Waals surface area (Å²) in [6.45, 7) is 3.96. The molecule has 5 N–H and O–H groups in total. The number of anilines is 2. The highest BCUT2D eigenvalue weighted by Gasteiger charge is 2.39. The Balaban J connectivity index is 1.79. The van der Waals surface area contributed by atoms with Crippen molar-refractivity contribution >= 4 is 28.2 Å². The van der Waals surface area contributed by atoms with E-state index in [2.05, 4.69) is 46.3 Å². The average molecular weight is 392 g/mol. The fraction of sp³-hybridized carbons (Fsp3) is 0.348. The predicted molar refractivity (Wildman–Crippen MR) is 119 cm³/mol. The van der Waals surface area contributed by atoms with Crippen LogP contribution in [0.5, 0.6) is 0 Å². The van der Waals surface area contributed by atoms with Crippen LogP contribution in [0.15, 0.2) is 54.7 Å². The second-order valence-corrected chi connectivity index (χ2v) is 7.64. The number of H-pyrrole nitrogens is 1. The van der Waals surface area contributed by atoms with Crippen molar-refractivity contribution in [3.05, 3.63) is 60.3 Å². The molecule has 2 atom stereocenters. The first-order chi connectivity index (χ1) is 14.1. The molecule has 29 heavy (non-hydrogen) atoms. The van der Waals surface area contributed by atoms with Crippen molar-refractivity contribution in [1.29, 1.82) is 0 Å². The summed E-state index contributed by atoms with van der Waals surface area (Å²) < 4.78 is 0. The van der Waals surface area contributed by atoms with E-state index in [9.17, 15) is 4.79 Å². The number of amides is 1. The molecular formula is C23H29N5O. The van der Waals surface area contributed by atoms with Gasteiger partial charge in [-0.25, -0.2) is 0 Å². The number of fused-ring (bicyclic) bond motifs is 1. The van der Waals surface area contributed by atoms with E-state index in [1.807, 2.05) is 30.2 Å². The van der Waals surface area contributed by atoms with Crippen LogP contribution in [0.1, 0.15) is 31.4 Å². The third kappa shape index (κ3) is 3.68. The second kappa shape index (κ2) is 8.17. The molecular weight excluding hydrogens is 362 g/mol. The van der Waals surface area contributed by atoms with Gasteiger partial charge in [0, 0.05) is 42.6 Å². The van der Waals surface area contributed by atoms with Gasteiger partial charge in [0.15, 0.2) is 0 Å². The number of nitrogens with one attached hydrogen (secondary N) is 1. The molecule has 1 amide bonds. The largest absolute Gasteiger partial charge is 0.399 e. The number of hydrogen-bond acceptors (Lipinski definition) is 4. The van der Waals surface area contributed by atoms with Gasteiger partial charge in [-0.2, -0.15) is 0 Å². The molecule has 3 aromatic rings. The molecule has 2 aromatic carbocycles. The van der Waals surface area contributed by atoms with Gasteiger partial charge in [0.2, 0.25) is 5.91 Å². The maximum atomic E-state index is 12.9. The molecule has 0 saturated carbocycles. The highest BCUT2D eigenvalue weighted by atomic mass is 16.2. The fourth-order valence-corrected chi connectivity index (χ4v) is 4.51. The van der Waals surface area contributed by atoms with Crippen LogP contribution in [-0.4, -0.2) is 41.5 Å². The van der Waals surface area contributed by atoms with E-state index in [1.54, 1.807) is 0 Å². The van der Waals surface area contributed by atoms with Gasteiger partial charge in [0.25, 0.3) is 0 Å². The van der Waals surface area contributed by atoms with Crippen molar-refractivity contribution in [2.45, 2.75) is 31.8 Å². The smallest absolute Gasteiger partial charge is 0.222 e. The number of aromatic amines is 1. The van der Waals surface area contributed by atoms with Crippen molar-refractivity contribution in [3.63, 3.8) is 0 Å². The summed E-state index contributed by atoms with van der Waals surface area (Å²) in [6.07, 6.45) is 3.25. The normalized spacial score (nSPS) is 19.7. The minimum absolute atomic E-state index is 0.0448. The zero-order chi connectivity index (χ0) is 20.4. The van der Waals surface area contributed by atoms with Gasteiger partial charge in [0.1, 0.15) is 0 Å². The molecule has 2 heterocycles. The second-order valence-electron chi connectivity index (χ2n) is 7.64. The first-order valence-corrected chi connectivity index (χ1v) is 10.3. The van der Waals surface area contributed by atoms with Gasteiger partial charge in [-0.05, 0) is 66.4 Å². The molecule has 2 unspecified atom stereocenters. The van der Waals surface area contributed by atoms with E-state index in [4.69, 9.17) is 11.5 Å². The Morgan fingerprint density at radius 3 is 2.66 bits per heavy atom. The van der Waals surface area contributed by atoms with Crippen LogP contribution in [0, 0.1) is 0 Å². The number of benzene rings is 2. The number of hydrogen-bond donors (Lipinski definition) is 3. The molecule has 1 aliphatic rings. The van der Waals surface area contributed by atoms with Crippen molar-refractivity contribution in [2.24, 2.45) is 5.73 Å². The van der Waals surface area contributed by atoms with Crippen molar-refractivity contribution in [3.8, 4) is 0 Å². The van der Waals surface area contributed by atoms with Crippen LogP contribution in [0.3, 0.4) is 0 Å². The van der Waals surface area contributed by atoms with Gasteiger partial charge in [0.05, 0.1) is 12.1 Å². The Bertz CT molecular complexity index is 980. The number of carbonyl (C=O) groups excluding carboxylic acids is 1. The summed E-state index contributed by atoms with van der Waals surface area (Å²) >= 11 is 0. The number of carbonyl (C=O) groups is 1. The number of piperazine rings is 1. The minimum Gasteiger partial charge on any atom is -0.399 e. The van der Waals surface area contributed by atoms with E-state index < -0.39 is 0 Å². The number of nitrogens with two attached hydrogens (primary N) is 2. The summed E-state index contributed by atoms with van der Waals surface area (Å²) in [5.41, 5.74) is 16.1. The van der Waals surface area contributed by atoms with Crippen molar-refractivity contribution in [2.75, 3.05) is 30.3 Å². The molecule has 4 rings (SSSR count). The highest BCUT2D eigenvalue weighted by Crippen LogP contribution is 2.37. The summed E-state index contributed by atoms with van der Waals surface area (Å²) in [5, 5.41) is 1.16. The summed E-state index contributed by atoms with van der Waals surface area (Å²) in [4.78, 5) is 20.5. The predicted octanol–water partition coefficient (Wildman–Crippen LogP) is 3.27. The first-order valence-electron chi connectivity index (χ1n) is 10.3. The Kier molecular flexibility index (Phi) is 5.45. The maximum Gasteiger partial charge on any atom is 0.222 e. The molecule has 1 saturated heterocycles. The third-order valence-electron chi connectivity index (χ3n) is 5.91. The van der Waals surface area contributed by atoms with Crippen molar-refractivity contribution < 1.29 is 4.79 Å². The van der Waals surface area contributed by atoms with Gasteiger partial charge in [-0.3, -0.25) is 4.79 Å². The van der Waals surface area contributed by atoms with Crippen LogP contribution in [0.25, 0.3) is 10.9 Å². The van der Waals surface area contributed by atoms with E-state index >= 15 is 0 Å². The SMILES string of the molecule is CCC(=O)N1CCN(c2ccc(N)cc2)C(CCN)C1c1ccc2[nH]ccc2c1. The molecule has 1 fully saturated rings. The molecule has 6 heteroatoms. The maximum absolute atomic E-state index is 12.9. The summed E-state index contributed by atoms with van der Waals surface area (Å²) in [6, 6.07) is 16.5. The standard InChI is InChI=1S/C23H29N5O/c1-2-22(29)28-14-13-27(19-6-4-18(25)5-7-19)21(9-11-24)23(28)17-3-8-20-16(15-17)10-12-26-20/h3-8,10,12,15,21,23,26H,2,9,11,13-14,24-25H2,1H3. The molecule has 0 radical (unpaired) electrons. The Hall–Kier alpha value is -2.99. The molecule has 1 aromatic heterocycles. The van der Waals surface area contributed by atoms with Crippen LogP contribution in [0.2, 0.25) is 0 Å². The average Bonchev–Trinajstić information content (AvgIpc) is 3.21. The molecule has 0 bridgehead atoms. The van der Waals surface area contributed by atoms with Crippen LogP contribution < -0.4 is 16.4 Å². The molecule has 152 valence electrons. The van der Waals surface area contributed by atoms with Gasteiger partial charge in [-0.1, -0.05) is 13.0 Å². The zero-order valence-electron chi connectivity index (χ0n) is 16.8. The van der Waals surface area contributed by atoms with Gasteiger partial charge in [-0.15, -0.1) is 0 Å². The topological polar surface area (TPSA) is 91.4 Å². The van der Waals surface area contributed by atoms with E-state index in [1.165, 1.54) is 0 Å². The lowest BCUT2D eigenvalue weighted by Crippen LogP contribution is -2.57. The van der Waals surface area contributed by atoms with Crippen LogP contribution >= 0.6 is 0 Å². The third-order valence-corrected chi connectivity index (χ3v) is 5.91. The van der Waals surface area contributed by atoms with E-state index in [0.29, 0.717) is 19.5 Å². The Labute approximate surface area is 171 Å². The quantitative estimate of drug-likeness (QED) is 0.582. The van der Waals surface area contributed by atoms with Gasteiger partial charge < -0.3 is 26.3 Å². The number of rotatable bonds is 5. The monoisotopic (exact) mass is 391 g/mol. The Morgan fingerprint density at radius 1 is 1.14 bits per heavy atom. The summed E-state index contributed by atoms with van der Waals surface area (Å²) in [7, 11) is 0. The number of nitrogen functional groups attached to an aromatic ring is 1. The first kappa shape index (κ1) is 19.3. The minimum atomic E-state index is -0.0448. The Morgan fingerprint density at radius 2 is 1.93 bits per heavy atom. The lowest BCUT2D eigenvalue weighted by Gasteiger charge is -2.49. The van der Waals surface area contributed by atoms with E-state index in [0.717, 1.165) is 40.8 Å². The van der Waals surface area contributed by atoms with Crippen LogP contribution in [0.4, 0.5) is 11.4 Å². The zero-order valence-corrected chi connectivity index (χ0v) is 16.8. The van der Waals surface area contributed by atoms with Crippen LogP contribution in [-0.2, 0) is 4.79 Å². The van der Waals surface area contributed by atoms with E-state index in [-0.39, 0.29) is 18.0 Å². The number of nitrogens with zero attached hydrogens (tertiary/aromatic N) is 2. The molecule has 0 spiro atoms. The van der Waals surface area contributed by atoms with Gasteiger partial charge >= 0.3 is 0 Å².